The number of nitrogens with zero attached hydrogens (tertiary/aromatic N) is 2. The van der Waals surface area contributed by atoms with Gasteiger partial charge in [0.2, 0.25) is 0 Å². The third-order valence-electron chi connectivity index (χ3n) is 4.12. The minimum atomic E-state index is -0.425. The van der Waals surface area contributed by atoms with Gasteiger partial charge in [-0.05, 0) is 46.0 Å². The Morgan fingerprint density at radius 2 is 1.88 bits per heavy atom. The molecule has 24 heavy (non-hydrogen) atoms. The maximum absolute atomic E-state index is 12.1. The van der Waals surface area contributed by atoms with Crippen molar-refractivity contribution in [2.75, 3.05) is 33.2 Å². The van der Waals surface area contributed by atoms with Crippen LogP contribution in [-0.2, 0) is 4.74 Å². The maximum atomic E-state index is 12.1. The normalized spacial score (nSPS) is 16.9. The minimum Gasteiger partial charge on any atom is -0.444 e. The second kappa shape index (κ2) is 10.4. The fourth-order valence-electron chi connectivity index (χ4n) is 2.69. The van der Waals surface area contributed by atoms with E-state index in [9.17, 15) is 4.79 Å². The highest BCUT2D eigenvalue weighted by Crippen LogP contribution is 2.19. The van der Waals surface area contributed by atoms with Crippen LogP contribution in [0.5, 0.6) is 0 Å². The lowest BCUT2D eigenvalue weighted by Gasteiger charge is -2.33. The Balaban J connectivity index is 2.24. The standard InChI is InChI=1S/C18H36N4O2/c1-6-7-8-11-20-16(19-5)21-14-15-9-12-22(13-10-15)17(23)24-18(2,3)4/h15H,6-14H2,1-5H3,(H2,19,20,21). The van der Waals surface area contributed by atoms with Gasteiger partial charge in [-0.2, -0.15) is 0 Å². The largest absolute Gasteiger partial charge is 0.444 e. The molecule has 0 aromatic carbocycles. The monoisotopic (exact) mass is 340 g/mol. The smallest absolute Gasteiger partial charge is 0.410 e. The van der Waals surface area contributed by atoms with Crippen LogP contribution in [0.15, 0.2) is 4.99 Å². The fraction of sp³-hybridized carbons (Fsp3) is 0.889. The second-order valence-electron chi connectivity index (χ2n) is 7.50. The third kappa shape index (κ3) is 8.41. The number of unbranched alkanes of at least 4 members (excludes halogenated alkanes) is 2. The molecule has 0 aliphatic carbocycles. The number of aliphatic imine (C=N–C) groups is 1. The molecule has 6 heteroatoms. The van der Waals surface area contributed by atoms with Crippen LogP contribution < -0.4 is 10.6 Å². The van der Waals surface area contributed by atoms with Gasteiger partial charge in [0.15, 0.2) is 5.96 Å². The fourth-order valence-corrected chi connectivity index (χ4v) is 2.69. The molecule has 0 atom stereocenters. The number of likely N-dealkylation sites (tertiary alicyclic amines) is 1. The zero-order chi connectivity index (χ0) is 18.0. The number of nitrogens with one attached hydrogen (secondary N) is 2. The first-order valence-electron chi connectivity index (χ1n) is 9.28. The molecule has 1 saturated heterocycles. The summed E-state index contributed by atoms with van der Waals surface area (Å²) in [6.07, 6.45) is 5.45. The molecule has 1 aliphatic heterocycles. The van der Waals surface area contributed by atoms with Crippen molar-refractivity contribution in [3.8, 4) is 0 Å². The first-order chi connectivity index (χ1) is 11.4. The van der Waals surface area contributed by atoms with E-state index in [1.807, 2.05) is 25.7 Å². The van der Waals surface area contributed by atoms with Crippen LogP contribution in [0.3, 0.4) is 0 Å². The number of piperidine rings is 1. The van der Waals surface area contributed by atoms with Gasteiger partial charge in [0.1, 0.15) is 5.60 Å². The number of carbonyl (C=O) groups excluding carboxylic acids is 1. The van der Waals surface area contributed by atoms with Gasteiger partial charge in [-0.1, -0.05) is 19.8 Å². The zero-order valence-electron chi connectivity index (χ0n) is 16.2. The van der Waals surface area contributed by atoms with Crippen LogP contribution in [-0.4, -0.2) is 55.8 Å². The topological polar surface area (TPSA) is 66.0 Å². The predicted octanol–water partition coefficient (Wildman–Crippen LogP) is 2.99. The van der Waals surface area contributed by atoms with Gasteiger partial charge in [-0.25, -0.2) is 4.79 Å². The van der Waals surface area contributed by atoms with E-state index in [1.165, 1.54) is 19.3 Å². The van der Waals surface area contributed by atoms with Crippen LogP contribution in [0.25, 0.3) is 0 Å². The van der Waals surface area contributed by atoms with E-state index in [1.54, 1.807) is 7.05 Å². The SMILES string of the molecule is CCCCCNC(=NC)NCC1CCN(C(=O)OC(C)(C)C)CC1. The molecule has 0 radical (unpaired) electrons. The van der Waals surface area contributed by atoms with Crippen molar-refractivity contribution in [2.24, 2.45) is 10.9 Å². The van der Waals surface area contributed by atoms with Crippen LogP contribution in [0, 0.1) is 5.92 Å². The minimum absolute atomic E-state index is 0.192. The number of guanidine groups is 1. The van der Waals surface area contributed by atoms with Gasteiger partial charge in [0, 0.05) is 33.2 Å². The molecule has 140 valence electrons. The number of ether oxygens (including phenoxy) is 1. The van der Waals surface area contributed by atoms with Gasteiger partial charge in [-0.3, -0.25) is 4.99 Å². The molecule has 0 bridgehead atoms. The van der Waals surface area contributed by atoms with Crippen LogP contribution in [0.4, 0.5) is 4.79 Å². The highest BCUT2D eigenvalue weighted by molar-refractivity contribution is 5.79. The molecule has 0 saturated carbocycles. The third-order valence-corrected chi connectivity index (χ3v) is 4.12. The Morgan fingerprint density at radius 3 is 2.42 bits per heavy atom. The van der Waals surface area contributed by atoms with Gasteiger partial charge < -0.3 is 20.3 Å². The Hall–Kier alpha value is -1.46. The summed E-state index contributed by atoms with van der Waals surface area (Å²) >= 11 is 0. The Bertz CT molecular complexity index is 396. The van der Waals surface area contributed by atoms with Crippen molar-refractivity contribution in [3.05, 3.63) is 0 Å². The van der Waals surface area contributed by atoms with E-state index in [2.05, 4.69) is 22.5 Å². The van der Waals surface area contributed by atoms with E-state index in [0.29, 0.717) is 5.92 Å². The quantitative estimate of drug-likeness (QED) is 0.443. The molecule has 6 nitrogen and oxygen atoms in total. The summed E-state index contributed by atoms with van der Waals surface area (Å²) < 4.78 is 5.43. The molecular weight excluding hydrogens is 304 g/mol. The lowest BCUT2D eigenvalue weighted by molar-refractivity contribution is 0.0185. The molecule has 0 aromatic heterocycles. The lowest BCUT2D eigenvalue weighted by atomic mass is 9.97. The van der Waals surface area contributed by atoms with Crippen molar-refractivity contribution in [1.82, 2.24) is 15.5 Å². The first kappa shape index (κ1) is 20.6. The number of amides is 1. The molecule has 0 aromatic rings. The van der Waals surface area contributed by atoms with E-state index in [4.69, 9.17) is 4.74 Å². The van der Waals surface area contributed by atoms with Crippen molar-refractivity contribution in [2.45, 2.75) is 65.4 Å². The summed E-state index contributed by atoms with van der Waals surface area (Å²) in [5, 5.41) is 6.75. The molecule has 1 fully saturated rings. The molecule has 1 amide bonds. The maximum Gasteiger partial charge on any atom is 0.410 e. The Kier molecular flexibility index (Phi) is 8.93. The average molecular weight is 341 g/mol. The van der Waals surface area contributed by atoms with Gasteiger partial charge in [0.05, 0.1) is 0 Å². The van der Waals surface area contributed by atoms with Crippen LogP contribution in [0.2, 0.25) is 0 Å². The van der Waals surface area contributed by atoms with Gasteiger partial charge in [0.25, 0.3) is 0 Å². The van der Waals surface area contributed by atoms with E-state index in [-0.39, 0.29) is 6.09 Å². The summed E-state index contributed by atoms with van der Waals surface area (Å²) in [6.45, 7) is 11.3. The summed E-state index contributed by atoms with van der Waals surface area (Å²) in [7, 11) is 1.81. The average Bonchev–Trinajstić information content (AvgIpc) is 2.53. The predicted molar refractivity (Wildman–Crippen MR) is 99.4 cm³/mol. The highest BCUT2D eigenvalue weighted by Gasteiger charge is 2.26. The van der Waals surface area contributed by atoms with Crippen molar-refractivity contribution < 1.29 is 9.53 Å². The molecule has 2 N–H and O–H groups in total. The molecule has 0 spiro atoms. The lowest BCUT2D eigenvalue weighted by Crippen LogP contribution is -2.45. The van der Waals surface area contributed by atoms with Crippen molar-refractivity contribution in [1.29, 1.82) is 0 Å². The number of hydrogen-bond donors (Lipinski definition) is 2. The first-order valence-corrected chi connectivity index (χ1v) is 9.28. The summed E-state index contributed by atoms with van der Waals surface area (Å²) in [6, 6.07) is 0. The summed E-state index contributed by atoms with van der Waals surface area (Å²) in [5.74, 6) is 1.44. The van der Waals surface area contributed by atoms with Gasteiger partial charge in [-0.15, -0.1) is 0 Å². The zero-order valence-corrected chi connectivity index (χ0v) is 16.2. The van der Waals surface area contributed by atoms with Crippen molar-refractivity contribution in [3.63, 3.8) is 0 Å². The van der Waals surface area contributed by atoms with Gasteiger partial charge >= 0.3 is 6.09 Å². The van der Waals surface area contributed by atoms with E-state index >= 15 is 0 Å². The molecule has 1 aliphatic rings. The van der Waals surface area contributed by atoms with E-state index in [0.717, 1.165) is 45.0 Å². The number of rotatable bonds is 6. The van der Waals surface area contributed by atoms with Crippen LogP contribution >= 0.6 is 0 Å². The molecule has 1 rings (SSSR count). The molecule has 0 unspecified atom stereocenters. The van der Waals surface area contributed by atoms with Crippen LogP contribution in [0.1, 0.15) is 59.8 Å². The number of hydrogen-bond acceptors (Lipinski definition) is 3. The molecular formula is C18H36N4O2. The van der Waals surface area contributed by atoms with E-state index < -0.39 is 5.60 Å². The highest BCUT2D eigenvalue weighted by atomic mass is 16.6. The number of carbonyl (C=O) groups is 1. The summed E-state index contributed by atoms with van der Waals surface area (Å²) in [4.78, 5) is 18.1. The molecule has 1 heterocycles. The Morgan fingerprint density at radius 1 is 1.21 bits per heavy atom. The Labute approximate surface area is 147 Å². The second-order valence-corrected chi connectivity index (χ2v) is 7.50. The summed E-state index contributed by atoms with van der Waals surface area (Å²) in [5.41, 5.74) is -0.425. The van der Waals surface area contributed by atoms with Crippen molar-refractivity contribution >= 4 is 12.1 Å².